The lowest BCUT2D eigenvalue weighted by Crippen LogP contribution is -2.40. The first-order valence-corrected chi connectivity index (χ1v) is 17.6. The van der Waals surface area contributed by atoms with Crippen molar-refractivity contribution in [3.63, 3.8) is 0 Å². The van der Waals surface area contributed by atoms with Gasteiger partial charge in [-0.3, -0.25) is 0 Å². The van der Waals surface area contributed by atoms with Gasteiger partial charge in [-0.2, -0.15) is 11.8 Å². The number of thioether (sulfide) groups is 1. The first-order valence-electron chi connectivity index (χ1n) is 13.4. The second-order valence-electron chi connectivity index (χ2n) is 10.2. The van der Waals surface area contributed by atoms with Crippen molar-refractivity contribution in [2.75, 3.05) is 11.5 Å². The van der Waals surface area contributed by atoms with Crippen LogP contribution in [-0.2, 0) is 32.9 Å². The minimum absolute atomic E-state index is 0.221. The van der Waals surface area contributed by atoms with E-state index in [1.807, 2.05) is 74.5 Å². The number of hydrogen-bond acceptors (Lipinski definition) is 5. The number of nitrogens with one attached hydrogen (secondary N) is 2. The summed E-state index contributed by atoms with van der Waals surface area (Å²) in [5, 5.41) is 0. The molecule has 6 nitrogen and oxygen atoms in total. The standard InChI is InChI=1S/C32H36N2O4S3/c1-25-13-17-31(18-14-25)40(35,36)33-29(21-27-9-5-3-6-10-27)23-39-24-30(22-28-11-7-4-8-12-28)34-41(37,38)32-19-15-26(2)16-20-32/h3-20,29-30,33-34H,21-24H2,1-2H3/t29-,30-/m0/s1. The minimum atomic E-state index is -3.74. The molecule has 4 aromatic rings. The van der Waals surface area contributed by atoms with Crippen LogP contribution in [0.1, 0.15) is 22.3 Å². The van der Waals surface area contributed by atoms with Crippen molar-refractivity contribution in [3.8, 4) is 0 Å². The number of rotatable bonds is 14. The predicted octanol–water partition coefficient (Wildman–Crippen LogP) is 5.52. The van der Waals surface area contributed by atoms with Crippen LogP contribution in [0.5, 0.6) is 0 Å². The molecule has 0 saturated carbocycles. The van der Waals surface area contributed by atoms with Gasteiger partial charge in [0.1, 0.15) is 0 Å². The van der Waals surface area contributed by atoms with Gasteiger partial charge in [-0.15, -0.1) is 0 Å². The molecular weight excluding hydrogens is 573 g/mol. The summed E-state index contributed by atoms with van der Waals surface area (Å²) in [5.41, 5.74) is 4.01. The van der Waals surface area contributed by atoms with E-state index >= 15 is 0 Å². The van der Waals surface area contributed by atoms with Crippen molar-refractivity contribution in [1.82, 2.24) is 9.44 Å². The summed E-state index contributed by atoms with van der Waals surface area (Å²) in [4.78, 5) is 0.443. The normalized spacial score (nSPS) is 13.5. The Labute approximate surface area is 248 Å². The number of aryl methyl sites for hydroxylation is 2. The Kier molecular flexibility index (Phi) is 10.8. The van der Waals surface area contributed by atoms with Gasteiger partial charge in [0.05, 0.1) is 9.79 Å². The molecule has 0 saturated heterocycles. The van der Waals surface area contributed by atoms with Crippen LogP contribution in [0.3, 0.4) is 0 Å². The summed E-state index contributed by atoms with van der Waals surface area (Å²) in [7, 11) is -7.48. The van der Waals surface area contributed by atoms with Crippen LogP contribution >= 0.6 is 11.8 Å². The molecule has 216 valence electrons. The Morgan fingerprint density at radius 1 is 0.537 bits per heavy atom. The second-order valence-corrected chi connectivity index (χ2v) is 14.7. The fourth-order valence-electron chi connectivity index (χ4n) is 4.43. The highest BCUT2D eigenvalue weighted by Gasteiger charge is 2.24. The van der Waals surface area contributed by atoms with Crippen LogP contribution in [0, 0.1) is 13.8 Å². The highest BCUT2D eigenvalue weighted by Crippen LogP contribution is 2.18. The van der Waals surface area contributed by atoms with Crippen LogP contribution in [-0.4, -0.2) is 40.4 Å². The molecule has 0 radical (unpaired) electrons. The third-order valence-corrected chi connectivity index (χ3v) is 10.9. The molecule has 0 spiro atoms. The molecule has 0 fully saturated rings. The Morgan fingerprint density at radius 3 is 1.22 bits per heavy atom. The molecular formula is C32H36N2O4S3. The molecule has 2 N–H and O–H groups in total. The van der Waals surface area contributed by atoms with Gasteiger partial charge in [0.2, 0.25) is 20.0 Å². The van der Waals surface area contributed by atoms with E-state index in [1.165, 1.54) is 11.8 Å². The fourth-order valence-corrected chi connectivity index (χ4v) is 8.22. The summed E-state index contributed by atoms with van der Waals surface area (Å²) in [6.45, 7) is 3.83. The van der Waals surface area contributed by atoms with Crippen molar-refractivity contribution < 1.29 is 16.8 Å². The van der Waals surface area contributed by atoms with Gasteiger partial charge in [0.15, 0.2) is 0 Å². The van der Waals surface area contributed by atoms with Crippen LogP contribution in [0.2, 0.25) is 0 Å². The summed E-state index contributed by atoms with van der Waals surface area (Å²) < 4.78 is 58.7. The van der Waals surface area contributed by atoms with Gasteiger partial charge < -0.3 is 0 Å². The van der Waals surface area contributed by atoms with E-state index in [9.17, 15) is 16.8 Å². The number of benzene rings is 4. The monoisotopic (exact) mass is 608 g/mol. The topological polar surface area (TPSA) is 92.3 Å². The Bertz CT molecular complexity index is 1470. The van der Waals surface area contributed by atoms with Gasteiger partial charge in [-0.25, -0.2) is 26.3 Å². The molecule has 9 heteroatoms. The SMILES string of the molecule is Cc1ccc(S(=O)(=O)N[C@H](CSC[C@H](Cc2ccccc2)NS(=O)(=O)c2ccc(C)cc2)Cc2ccccc2)cc1. The van der Waals surface area contributed by atoms with Crippen molar-refractivity contribution in [2.45, 2.75) is 48.6 Å². The number of sulfonamides is 2. The first kappa shape index (κ1) is 31.0. The van der Waals surface area contributed by atoms with Gasteiger partial charge in [0.25, 0.3) is 0 Å². The average Bonchev–Trinajstić information content (AvgIpc) is 2.94. The van der Waals surface area contributed by atoms with Gasteiger partial charge in [-0.1, -0.05) is 96.1 Å². The van der Waals surface area contributed by atoms with Crippen LogP contribution < -0.4 is 9.44 Å². The molecule has 0 aliphatic heterocycles. The van der Waals surface area contributed by atoms with E-state index < -0.39 is 20.0 Å². The maximum atomic E-state index is 13.2. The Hall–Kier alpha value is -2.95. The third-order valence-electron chi connectivity index (χ3n) is 6.59. The van der Waals surface area contributed by atoms with E-state index in [0.717, 1.165) is 22.3 Å². The Morgan fingerprint density at radius 2 is 0.878 bits per heavy atom. The summed E-state index contributed by atoms with van der Waals surface area (Å²) in [6.07, 6.45) is 1.02. The highest BCUT2D eigenvalue weighted by molar-refractivity contribution is 7.99. The molecule has 41 heavy (non-hydrogen) atoms. The molecule has 0 heterocycles. The summed E-state index contributed by atoms with van der Waals surface area (Å²) >= 11 is 1.53. The van der Waals surface area contributed by atoms with Gasteiger partial charge in [-0.05, 0) is 62.1 Å². The molecule has 0 aromatic heterocycles. The molecule has 0 aliphatic carbocycles. The molecule has 4 aromatic carbocycles. The van der Waals surface area contributed by atoms with Crippen molar-refractivity contribution in [2.24, 2.45) is 0 Å². The zero-order valence-electron chi connectivity index (χ0n) is 23.2. The zero-order valence-corrected chi connectivity index (χ0v) is 25.7. The lowest BCUT2D eigenvalue weighted by molar-refractivity contribution is 0.560. The average molecular weight is 609 g/mol. The predicted molar refractivity (Wildman–Crippen MR) is 168 cm³/mol. The summed E-state index contributed by atoms with van der Waals surface area (Å²) in [6, 6.07) is 32.3. The largest absolute Gasteiger partial charge is 0.240 e. The van der Waals surface area contributed by atoms with Crippen LogP contribution in [0.4, 0.5) is 0 Å². The second kappa shape index (κ2) is 14.3. The maximum absolute atomic E-state index is 13.2. The first-order chi connectivity index (χ1) is 19.6. The smallest absolute Gasteiger partial charge is 0.207 e. The molecule has 2 atom stereocenters. The molecule has 0 unspecified atom stereocenters. The lowest BCUT2D eigenvalue weighted by Gasteiger charge is -2.22. The van der Waals surface area contributed by atoms with Crippen molar-refractivity contribution in [1.29, 1.82) is 0 Å². The van der Waals surface area contributed by atoms with E-state index in [4.69, 9.17) is 0 Å². The Balaban J connectivity index is 1.50. The van der Waals surface area contributed by atoms with E-state index in [-0.39, 0.29) is 21.9 Å². The quantitative estimate of drug-likeness (QED) is 0.197. The molecule has 0 bridgehead atoms. The molecule has 0 amide bonds. The third kappa shape index (κ3) is 9.55. The lowest BCUT2D eigenvalue weighted by atomic mass is 10.1. The summed E-state index contributed by atoms with van der Waals surface area (Å²) in [5.74, 6) is 0.940. The van der Waals surface area contributed by atoms with E-state index in [0.29, 0.717) is 24.3 Å². The number of hydrogen-bond donors (Lipinski definition) is 2. The minimum Gasteiger partial charge on any atom is -0.207 e. The van der Waals surface area contributed by atoms with E-state index in [1.54, 1.807) is 48.5 Å². The molecule has 4 rings (SSSR count). The van der Waals surface area contributed by atoms with Crippen LogP contribution in [0.15, 0.2) is 119 Å². The maximum Gasteiger partial charge on any atom is 0.240 e. The zero-order chi connectivity index (χ0) is 29.3. The van der Waals surface area contributed by atoms with E-state index in [2.05, 4.69) is 9.44 Å². The van der Waals surface area contributed by atoms with Gasteiger partial charge in [0, 0.05) is 23.6 Å². The fraction of sp³-hybridized carbons (Fsp3) is 0.250. The van der Waals surface area contributed by atoms with Gasteiger partial charge >= 0.3 is 0 Å². The van der Waals surface area contributed by atoms with Crippen LogP contribution in [0.25, 0.3) is 0 Å². The van der Waals surface area contributed by atoms with Crippen molar-refractivity contribution in [3.05, 3.63) is 131 Å². The highest BCUT2D eigenvalue weighted by atomic mass is 32.2. The van der Waals surface area contributed by atoms with Crippen molar-refractivity contribution >= 4 is 31.8 Å². The molecule has 0 aliphatic rings.